The van der Waals surface area contributed by atoms with Crippen LogP contribution >= 0.6 is 23.1 Å². The average molecular weight is 482 g/mol. The highest BCUT2D eigenvalue weighted by molar-refractivity contribution is 7.99. The Morgan fingerprint density at radius 2 is 1.94 bits per heavy atom. The maximum absolute atomic E-state index is 12.4. The van der Waals surface area contributed by atoms with E-state index in [2.05, 4.69) is 20.5 Å². The van der Waals surface area contributed by atoms with Gasteiger partial charge in [-0.2, -0.15) is 0 Å². The van der Waals surface area contributed by atoms with Crippen molar-refractivity contribution in [2.24, 2.45) is 0 Å². The van der Waals surface area contributed by atoms with Crippen LogP contribution in [0.4, 0.5) is 5.13 Å². The van der Waals surface area contributed by atoms with E-state index in [1.807, 2.05) is 71.5 Å². The van der Waals surface area contributed by atoms with Crippen LogP contribution in [0.2, 0.25) is 0 Å². The maximum Gasteiger partial charge on any atom is 0.236 e. The largest absolute Gasteiger partial charge is 0.497 e. The molecule has 2 aromatic heterocycles. The van der Waals surface area contributed by atoms with Crippen molar-refractivity contribution < 1.29 is 14.3 Å². The third-order valence-corrected chi connectivity index (χ3v) is 6.43. The number of hydrogen-bond acceptors (Lipinski definition) is 8. The van der Waals surface area contributed by atoms with Gasteiger partial charge in [0.25, 0.3) is 0 Å². The minimum atomic E-state index is -0.141. The number of aryl methyl sites for hydroxylation is 1. The summed E-state index contributed by atoms with van der Waals surface area (Å²) in [6.45, 7) is 2.69. The molecule has 1 amide bonds. The van der Waals surface area contributed by atoms with E-state index in [9.17, 15) is 4.79 Å². The van der Waals surface area contributed by atoms with Crippen molar-refractivity contribution in [1.29, 1.82) is 0 Å². The van der Waals surface area contributed by atoms with Crippen molar-refractivity contribution in [3.8, 4) is 11.5 Å². The summed E-state index contributed by atoms with van der Waals surface area (Å²) in [6, 6.07) is 17.4. The summed E-state index contributed by atoms with van der Waals surface area (Å²) in [4.78, 5) is 16.7. The van der Waals surface area contributed by atoms with Gasteiger partial charge in [0.2, 0.25) is 5.91 Å². The minimum Gasteiger partial charge on any atom is -0.497 e. The molecule has 2 aromatic carbocycles. The molecule has 0 fully saturated rings. The molecule has 0 atom stereocenters. The summed E-state index contributed by atoms with van der Waals surface area (Å²) < 4.78 is 13.2. The Morgan fingerprint density at radius 1 is 1.12 bits per heavy atom. The van der Waals surface area contributed by atoms with E-state index in [1.54, 1.807) is 7.11 Å². The number of hydrogen-bond donors (Lipinski definition) is 1. The number of aromatic nitrogens is 4. The summed E-state index contributed by atoms with van der Waals surface area (Å²) in [5.74, 6) is 2.12. The van der Waals surface area contributed by atoms with Gasteiger partial charge >= 0.3 is 0 Å². The normalized spacial score (nSPS) is 10.7. The fraction of sp³-hybridized carbons (Fsp3) is 0.217. The van der Waals surface area contributed by atoms with Gasteiger partial charge in [-0.25, -0.2) is 4.98 Å². The van der Waals surface area contributed by atoms with Crippen molar-refractivity contribution >= 4 is 34.1 Å². The molecule has 0 saturated carbocycles. The van der Waals surface area contributed by atoms with Crippen LogP contribution in [-0.4, -0.2) is 38.5 Å². The Hall–Kier alpha value is -3.37. The molecule has 1 N–H and O–H groups in total. The summed E-state index contributed by atoms with van der Waals surface area (Å²) in [7, 11) is 1.62. The van der Waals surface area contributed by atoms with Crippen molar-refractivity contribution in [3.05, 3.63) is 77.1 Å². The van der Waals surface area contributed by atoms with Gasteiger partial charge in [0.05, 0.1) is 25.1 Å². The molecule has 8 nitrogen and oxygen atoms in total. The molecule has 170 valence electrons. The number of carbonyl (C=O) groups is 1. The number of nitrogens with one attached hydrogen (secondary N) is 1. The molecule has 2 heterocycles. The molecule has 4 rings (SSSR count). The fourth-order valence-corrected chi connectivity index (χ4v) is 4.45. The number of thioether (sulfide) groups is 1. The Balaban J connectivity index is 1.47. The Morgan fingerprint density at radius 3 is 2.70 bits per heavy atom. The van der Waals surface area contributed by atoms with Crippen LogP contribution in [0.1, 0.15) is 17.1 Å². The van der Waals surface area contributed by atoms with Gasteiger partial charge < -0.3 is 14.8 Å². The number of carbonyl (C=O) groups excluding carboxylic acids is 1. The molecule has 0 aliphatic rings. The van der Waals surface area contributed by atoms with E-state index in [1.165, 1.54) is 23.1 Å². The lowest BCUT2D eigenvalue weighted by Crippen LogP contribution is -2.15. The van der Waals surface area contributed by atoms with Gasteiger partial charge in [0.1, 0.15) is 18.1 Å². The van der Waals surface area contributed by atoms with E-state index in [0.29, 0.717) is 28.4 Å². The van der Waals surface area contributed by atoms with E-state index in [-0.39, 0.29) is 18.3 Å². The number of thiazole rings is 1. The number of benzene rings is 2. The Labute approximate surface area is 200 Å². The number of methoxy groups -OCH3 is 1. The zero-order chi connectivity index (χ0) is 23.0. The van der Waals surface area contributed by atoms with Crippen LogP contribution in [0, 0.1) is 6.92 Å². The molecular formula is C23H23N5O3S2. The van der Waals surface area contributed by atoms with Crippen molar-refractivity contribution in [1.82, 2.24) is 19.7 Å². The van der Waals surface area contributed by atoms with Crippen LogP contribution in [0.15, 0.2) is 65.1 Å². The number of ether oxygens (including phenoxy) is 2. The molecule has 0 bridgehead atoms. The Kier molecular flexibility index (Phi) is 7.59. The molecule has 0 radical (unpaired) electrons. The highest BCUT2D eigenvalue weighted by Gasteiger charge is 2.16. The van der Waals surface area contributed by atoms with E-state index >= 15 is 0 Å². The first-order valence-corrected chi connectivity index (χ1v) is 12.0. The predicted octanol–water partition coefficient (Wildman–Crippen LogP) is 4.41. The van der Waals surface area contributed by atoms with Gasteiger partial charge in [0, 0.05) is 11.4 Å². The monoisotopic (exact) mass is 481 g/mol. The quantitative estimate of drug-likeness (QED) is 0.336. The molecular weight excluding hydrogens is 458 g/mol. The lowest BCUT2D eigenvalue weighted by molar-refractivity contribution is -0.113. The van der Waals surface area contributed by atoms with Crippen LogP contribution in [0.25, 0.3) is 0 Å². The highest BCUT2D eigenvalue weighted by Crippen LogP contribution is 2.23. The molecule has 0 aliphatic heterocycles. The number of rotatable bonds is 10. The minimum absolute atomic E-state index is 0.141. The van der Waals surface area contributed by atoms with E-state index in [0.717, 1.165) is 17.0 Å². The third kappa shape index (κ3) is 6.33. The van der Waals surface area contributed by atoms with Gasteiger partial charge in [0.15, 0.2) is 16.1 Å². The molecule has 0 aliphatic carbocycles. The second kappa shape index (κ2) is 11.0. The summed E-state index contributed by atoms with van der Waals surface area (Å²) in [5.41, 5.74) is 1.98. The van der Waals surface area contributed by atoms with Crippen molar-refractivity contribution in [2.45, 2.75) is 25.2 Å². The SMILES string of the molecule is COc1cccc(OCc2nnc(SCC(=O)Nc3nc(C)cs3)n2Cc2ccccc2)c1. The zero-order valence-corrected chi connectivity index (χ0v) is 19.9. The lowest BCUT2D eigenvalue weighted by atomic mass is 10.2. The Bertz CT molecular complexity index is 1210. The predicted molar refractivity (Wildman–Crippen MR) is 129 cm³/mol. The molecule has 0 spiro atoms. The molecule has 10 heteroatoms. The molecule has 0 saturated heterocycles. The van der Waals surface area contributed by atoms with Gasteiger partial charge in [-0.05, 0) is 24.6 Å². The van der Waals surface area contributed by atoms with Crippen molar-refractivity contribution in [3.63, 3.8) is 0 Å². The number of amides is 1. The van der Waals surface area contributed by atoms with Gasteiger partial charge in [-0.15, -0.1) is 21.5 Å². The second-order valence-corrected chi connectivity index (χ2v) is 8.87. The first-order chi connectivity index (χ1) is 16.1. The topological polar surface area (TPSA) is 91.2 Å². The van der Waals surface area contributed by atoms with E-state index in [4.69, 9.17) is 9.47 Å². The van der Waals surface area contributed by atoms with Gasteiger partial charge in [-0.3, -0.25) is 9.36 Å². The molecule has 33 heavy (non-hydrogen) atoms. The van der Waals surface area contributed by atoms with Crippen molar-refractivity contribution in [2.75, 3.05) is 18.2 Å². The second-order valence-electron chi connectivity index (χ2n) is 7.07. The van der Waals surface area contributed by atoms with Crippen LogP contribution in [0.3, 0.4) is 0 Å². The van der Waals surface area contributed by atoms with Crippen LogP contribution in [0.5, 0.6) is 11.5 Å². The summed E-state index contributed by atoms with van der Waals surface area (Å²) >= 11 is 2.73. The third-order valence-electron chi connectivity index (χ3n) is 4.58. The first-order valence-electron chi connectivity index (χ1n) is 10.2. The summed E-state index contributed by atoms with van der Waals surface area (Å²) in [5, 5.41) is 14.6. The fourth-order valence-electron chi connectivity index (χ4n) is 2.99. The summed E-state index contributed by atoms with van der Waals surface area (Å²) in [6.07, 6.45) is 0. The van der Waals surface area contributed by atoms with Gasteiger partial charge in [-0.1, -0.05) is 48.2 Å². The highest BCUT2D eigenvalue weighted by atomic mass is 32.2. The maximum atomic E-state index is 12.4. The lowest BCUT2D eigenvalue weighted by Gasteiger charge is -2.12. The average Bonchev–Trinajstić information content (AvgIpc) is 3.42. The standard InChI is InChI=1S/C23H23N5O3S2/c1-16-14-32-22(24-16)25-21(29)15-33-23-27-26-20(28(23)12-17-7-4-3-5-8-17)13-31-19-10-6-9-18(11-19)30-2/h3-11,14H,12-13,15H2,1-2H3,(H,24,25,29). The van der Waals surface area contributed by atoms with Crippen LogP contribution in [-0.2, 0) is 17.9 Å². The van der Waals surface area contributed by atoms with E-state index < -0.39 is 0 Å². The molecule has 0 unspecified atom stereocenters. The molecule has 4 aromatic rings. The number of anilines is 1. The number of nitrogens with zero attached hydrogens (tertiary/aromatic N) is 4. The first kappa shape index (κ1) is 22.8. The zero-order valence-electron chi connectivity index (χ0n) is 18.2. The van der Waals surface area contributed by atoms with Crippen LogP contribution < -0.4 is 14.8 Å². The smallest absolute Gasteiger partial charge is 0.236 e.